The third kappa shape index (κ3) is 2.56. The second kappa shape index (κ2) is 4.94. The van der Waals surface area contributed by atoms with Crippen LogP contribution in [0.3, 0.4) is 0 Å². The minimum Gasteiger partial charge on any atom is -0.455 e. The third-order valence-corrected chi connectivity index (χ3v) is 3.41. The Morgan fingerprint density at radius 2 is 1.63 bits per heavy atom. The number of halogens is 1. The standard InChI is InChI=1S/C16H12BrNO/c17-13-6-8-16(15(18)10-13)19-14-7-5-11-3-1-2-4-12(11)9-14/h1-10H,18H2. The summed E-state index contributed by atoms with van der Waals surface area (Å²) in [4.78, 5) is 0. The molecule has 0 radical (unpaired) electrons. The minimum absolute atomic E-state index is 0.613. The Morgan fingerprint density at radius 1 is 0.842 bits per heavy atom. The van der Waals surface area contributed by atoms with E-state index in [-0.39, 0.29) is 0 Å². The second-order valence-corrected chi connectivity index (χ2v) is 5.21. The normalized spacial score (nSPS) is 10.6. The maximum atomic E-state index is 5.93. The number of anilines is 1. The Balaban J connectivity index is 1.96. The number of nitrogens with two attached hydrogens (primary N) is 1. The number of benzene rings is 3. The molecule has 0 aliphatic heterocycles. The van der Waals surface area contributed by atoms with Gasteiger partial charge in [0, 0.05) is 4.47 Å². The van der Waals surface area contributed by atoms with Crippen molar-refractivity contribution in [3.8, 4) is 11.5 Å². The molecule has 3 aromatic carbocycles. The maximum Gasteiger partial charge on any atom is 0.150 e. The molecule has 3 aromatic rings. The van der Waals surface area contributed by atoms with E-state index in [0.717, 1.165) is 15.6 Å². The zero-order valence-corrected chi connectivity index (χ0v) is 11.7. The van der Waals surface area contributed by atoms with E-state index in [1.165, 1.54) is 5.39 Å². The molecule has 94 valence electrons. The first kappa shape index (κ1) is 12.1. The van der Waals surface area contributed by atoms with E-state index in [2.05, 4.69) is 28.1 Å². The van der Waals surface area contributed by atoms with Crippen molar-refractivity contribution in [3.05, 3.63) is 65.1 Å². The molecule has 19 heavy (non-hydrogen) atoms. The average Bonchev–Trinajstić information content (AvgIpc) is 2.42. The molecule has 0 saturated carbocycles. The summed E-state index contributed by atoms with van der Waals surface area (Å²) in [6, 6.07) is 19.8. The number of fused-ring (bicyclic) bond motifs is 1. The molecule has 0 saturated heterocycles. The van der Waals surface area contributed by atoms with Crippen molar-refractivity contribution < 1.29 is 4.74 Å². The lowest BCUT2D eigenvalue weighted by Crippen LogP contribution is -1.91. The van der Waals surface area contributed by atoms with Crippen LogP contribution in [0.15, 0.2) is 65.1 Å². The zero-order valence-electron chi connectivity index (χ0n) is 10.1. The van der Waals surface area contributed by atoms with Gasteiger partial charge in [-0.2, -0.15) is 0 Å². The molecule has 0 unspecified atom stereocenters. The summed E-state index contributed by atoms with van der Waals surface area (Å²) in [5.41, 5.74) is 6.54. The van der Waals surface area contributed by atoms with Gasteiger partial charge in [0.05, 0.1) is 5.69 Å². The third-order valence-electron chi connectivity index (χ3n) is 2.92. The monoisotopic (exact) mass is 313 g/mol. The molecule has 0 bridgehead atoms. The van der Waals surface area contributed by atoms with E-state index >= 15 is 0 Å². The first-order valence-corrected chi connectivity index (χ1v) is 6.73. The highest BCUT2D eigenvalue weighted by molar-refractivity contribution is 9.10. The lowest BCUT2D eigenvalue weighted by molar-refractivity contribution is 0.486. The van der Waals surface area contributed by atoms with Crippen molar-refractivity contribution in [1.82, 2.24) is 0 Å². The molecule has 0 atom stereocenters. The molecule has 0 spiro atoms. The van der Waals surface area contributed by atoms with Crippen molar-refractivity contribution in [2.75, 3.05) is 5.73 Å². The summed E-state index contributed by atoms with van der Waals surface area (Å²) < 4.78 is 6.77. The fourth-order valence-electron chi connectivity index (χ4n) is 1.97. The smallest absolute Gasteiger partial charge is 0.150 e. The number of ether oxygens (including phenoxy) is 1. The predicted octanol–water partition coefficient (Wildman–Crippen LogP) is 4.98. The van der Waals surface area contributed by atoms with E-state index in [1.54, 1.807) is 0 Å². The molecule has 2 N–H and O–H groups in total. The lowest BCUT2D eigenvalue weighted by atomic mass is 10.1. The van der Waals surface area contributed by atoms with Gasteiger partial charge >= 0.3 is 0 Å². The zero-order chi connectivity index (χ0) is 13.2. The Labute approximate surface area is 119 Å². The number of hydrogen-bond acceptors (Lipinski definition) is 2. The van der Waals surface area contributed by atoms with E-state index in [4.69, 9.17) is 10.5 Å². The van der Waals surface area contributed by atoms with Crippen LogP contribution in [0, 0.1) is 0 Å². The van der Waals surface area contributed by atoms with Crippen molar-refractivity contribution in [1.29, 1.82) is 0 Å². The molecule has 0 fully saturated rings. The fourth-order valence-corrected chi connectivity index (χ4v) is 2.35. The summed E-state index contributed by atoms with van der Waals surface area (Å²) in [7, 11) is 0. The van der Waals surface area contributed by atoms with Crippen LogP contribution < -0.4 is 10.5 Å². The van der Waals surface area contributed by atoms with Crippen LogP contribution in [0.4, 0.5) is 5.69 Å². The minimum atomic E-state index is 0.613. The lowest BCUT2D eigenvalue weighted by Gasteiger charge is -2.09. The summed E-state index contributed by atoms with van der Waals surface area (Å²) in [6.07, 6.45) is 0. The van der Waals surface area contributed by atoms with Gasteiger partial charge in [0.1, 0.15) is 11.5 Å². The summed E-state index contributed by atoms with van der Waals surface area (Å²) in [5.74, 6) is 1.45. The Bertz CT molecular complexity index is 740. The van der Waals surface area contributed by atoms with Gasteiger partial charge in [-0.05, 0) is 41.1 Å². The first-order chi connectivity index (χ1) is 9.22. The molecule has 0 aromatic heterocycles. The maximum absolute atomic E-state index is 5.93. The van der Waals surface area contributed by atoms with Gasteiger partial charge in [-0.25, -0.2) is 0 Å². The molecule has 2 nitrogen and oxygen atoms in total. The highest BCUT2D eigenvalue weighted by Gasteiger charge is 2.03. The van der Waals surface area contributed by atoms with Crippen molar-refractivity contribution in [3.63, 3.8) is 0 Å². The van der Waals surface area contributed by atoms with Crippen molar-refractivity contribution >= 4 is 32.4 Å². The van der Waals surface area contributed by atoms with Gasteiger partial charge in [0.15, 0.2) is 0 Å². The average molecular weight is 314 g/mol. The first-order valence-electron chi connectivity index (χ1n) is 5.94. The largest absolute Gasteiger partial charge is 0.455 e. The van der Waals surface area contributed by atoms with E-state index in [1.807, 2.05) is 48.5 Å². The molecule has 0 aliphatic carbocycles. The van der Waals surface area contributed by atoms with Crippen molar-refractivity contribution in [2.24, 2.45) is 0 Å². The molecular weight excluding hydrogens is 302 g/mol. The summed E-state index contributed by atoms with van der Waals surface area (Å²) in [6.45, 7) is 0. The number of rotatable bonds is 2. The number of nitrogen functional groups attached to an aromatic ring is 1. The van der Waals surface area contributed by atoms with Crippen LogP contribution >= 0.6 is 15.9 Å². The topological polar surface area (TPSA) is 35.2 Å². The van der Waals surface area contributed by atoms with Gasteiger partial charge in [0.25, 0.3) is 0 Å². The van der Waals surface area contributed by atoms with Crippen LogP contribution in [-0.4, -0.2) is 0 Å². The second-order valence-electron chi connectivity index (χ2n) is 4.29. The highest BCUT2D eigenvalue weighted by Crippen LogP contribution is 2.31. The van der Waals surface area contributed by atoms with Crippen LogP contribution in [0.25, 0.3) is 10.8 Å². The van der Waals surface area contributed by atoms with E-state index in [9.17, 15) is 0 Å². The Hall–Kier alpha value is -2.00. The molecule has 0 heterocycles. The summed E-state index contributed by atoms with van der Waals surface area (Å²) in [5, 5.41) is 2.34. The van der Waals surface area contributed by atoms with Crippen molar-refractivity contribution in [2.45, 2.75) is 0 Å². The van der Waals surface area contributed by atoms with E-state index in [0.29, 0.717) is 11.4 Å². The van der Waals surface area contributed by atoms with E-state index < -0.39 is 0 Å². The Kier molecular flexibility index (Phi) is 3.13. The van der Waals surface area contributed by atoms with Crippen LogP contribution in [0.5, 0.6) is 11.5 Å². The highest BCUT2D eigenvalue weighted by atomic mass is 79.9. The molecule has 3 rings (SSSR count). The Morgan fingerprint density at radius 3 is 2.42 bits per heavy atom. The number of hydrogen-bond donors (Lipinski definition) is 1. The van der Waals surface area contributed by atoms with Gasteiger partial charge in [-0.3, -0.25) is 0 Å². The quantitative estimate of drug-likeness (QED) is 0.677. The predicted molar refractivity (Wildman–Crippen MR) is 82.6 cm³/mol. The molecule has 0 aliphatic rings. The van der Waals surface area contributed by atoms with Gasteiger partial charge in [-0.15, -0.1) is 0 Å². The summed E-state index contributed by atoms with van der Waals surface area (Å²) >= 11 is 3.38. The van der Waals surface area contributed by atoms with Gasteiger partial charge in [0.2, 0.25) is 0 Å². The SMILES string of the molecule is Nc1cc(Br)ccc1Oc1ccc2ccccc2c1. The van der Waals surface area contributed by atoms with Gasteiger partial charge in [-0.1, -0.05) is 46.3 Å². The van der Waals surface area contributed by atoms with Crippen LogP contribution in [0.2, 0.25) is 0 Å². The molecule has 0 amide bonds. The van der Waals surface area contributed by atoms with Gasteiger partial charge < -0.3 is 10.5 Å². The van der Waals surface area contributed by atoms with Crippen LogP contribution in [-0.2, 0) is 0 Å². The van der Waals surface area contributed by atoms with Crippen LogP contribution in [0.1, 0.15) is 0 Å². The molecule has 3 heteroatoms. The fraction of sp³-hybridized carbons (Fsp3) is 0. The molecular formula is C16H12BrNO.